The first kappa shape index (κ1) is 14.7. The quantitative estimate of drug-likeness (QED) is 0.638. The van der Waals surface area contributed by atoms with Gasteiger partial charge in [0, 0.05) is 7.05 Å². The molecule has 9 heteroatoms. The Morgan fingerprint density at radius 1 is 1.56 bits per heavy atom. The van der Waals surface area contributed by atoms with Crippen LogP contribution < -0.4 is 11.1 Å². The molecule has 0 aromatic carbocycles. The molecule has 1 aromatic heterocycles. The molecule has 0 bridgehead atoms. The van der Waals surface area contributed by atoms with Crippen LogP contribution in [0.2, 0.25) is 0 Å². The number of halogens is 4. The van der Waals surface area contributed by atoms with Crippen molar-refractivity contribution in [3.63, 3.8) is 0 Å². The molecule has 0 unspecified atom stereocenters. The molecule has 0 saturated heterocycles. The first-order valence-corrected chi connectivity index (χ1v) is 5.31. The molecule has 0 spiro atoms. The predicted molar refractivity (Wildman–Crippen MR) is 63.3 cm³/mol. The summed E-state index contributed by atoms with van der Waals surface area (Å²) in [5.41, 5.74) is 6.14. The van der Waals surface area contributed by atoms with Crippen LogP contribution in [0.3, 0.4) is 0 Å². The van der Waals surface area contributed by atoms with E-state index in [1.807, 2.05) is 0 Å². The second-order valence-corrected chi connectivity index (χ2v) is 4.15. The number of hydrogen-bond donors (Lipinski definition) is 2. The van der Waals surface area contributed by atoms with Gasteiger partial charge in [0.25, 0.3) is 0 Å². The highest BCUT2D eigenvalue weighted by molar-refractivity contribution is 7.80. The molecule has 1 rings (SSSR count). The van der Waals surface area contributed by atoms with Gasteiger partial charge in [-0.05, 0) is 6.92 Å². The third-order valence-corrected chi connectivity index (χ3v) is 2.48. The second-order valence-electron chi connectivity index (χ2n) is 3.71. The largest absolute Gasteiger partial charge is 0.389 e. The normalized spacial score (nSPS) is 11.9. The van der Waals surface area contributed by atoms with Crippen LogP contribution in [0.15, 0.2) is 0 Å². The molecule has 0 saturated carbocycles. The van der Waals surface area contributed by atoms with Gasteiger partial charge in [-0.3, -0.25) is 4.68 Å². The van der Waals surface area contributed by atoms with Gasteiger partial charge >= 0.3 is 12.3 Å². The summed E-state index contributed by atoms with van der Waals surface area (Å²) in [7, 11) is 1.47. The Morgan fingerprint density at radius 3 is 2.56 bits per heavy atom. The molecule has 0 amide bonds. The summed E-state index contributed by atoms with van der Waals surface area (Å²) in [6.45, 7) is 0.365. The maximum Gasteiger partial charge on any atom is 0.324 e. The van der Waals surface area contributed by atoms with Crippen LogP contribution >= 0.6 is 12.2 Å². The van der Waals surface area contributed by atoms with E-state index >= 15 is 0 Å². The number of anilines is 1. The van der Waals surface area contributed by atoms with E-state index in [-0.39, 0.29) is 16.4 Å². The van der Waals surface area contributed by atoms with Crippen LogP contribution in [0, 0.1) is 6.92 Å². The van der Waals surface area contributed by atoms with E-state index in [9.17, 15) is 17.6 Å². The van der Waals surface area contributed by atoms with Crippen molar-refractivity contribution >= 4 is 23.0 Å². The molecule has 0 aliphatic rings. The minimum absolute atomic E-state index is 0.0385. The van der Waals surface area contributed by atoms with Crippen molar-refractivity contribution in [2.24, 2.45) is 12.8 Å². The molecule has 1 aromatic rings. The number of hydrogen-bond acceptors (Lipinski definition) is 3. The number of nitrogens with two attached hydrogens (primary N) is 1. The highest BCUT2D eigenvalue weighted by atomic mass is 32.1. The Bertz CT molecular complexity index is 458. The summed E-state index contributed by atoms with van der Waals surface area (Å²) in [4.78, 5) is -0.0385. The third-order valence-electron chi connectivity index (χ3n) is 2.28. The zero-order valence-electron chi connectivity index (χ0n) is 9.68. The van der Waals surface area contributed by atoms with Gasteiger partial charge in [-0.25, -0.2) is 8.78 Å². The Balaban J connectivity index is 2.95. The van der Waals surface area contributed by atoms with Gasteiger partial charge in [-0.15, -0.1) is 0 Å². The first-order chi connectivity index (χ1) is 8.16. The van der Waals surface area contributed by atoms with Gasteiger partial charge in [-0.1, -0.05) is 12.2 Å². The van der Waals surface area contributed by atoms with Crippen molar-refractivity contribution < 1.29 is 17.6 Å². The van der Waals surface area contributed by atoms with Crippen LogP contribution in [0.4, 0.5) is 23.4 Å². The summed E-state index contributed by atoms with van der Waals surface area (Å²) in [5.74, 6) is -4.04. The molecule has 0 aliphatic heterocycles. The monoisotopic (exact) mass is 284 g/mol. The van der Waals surface area contributed by atoms with Crippen LogP contribution in [-0.2, 0) is 7.05 Å². The molecule has 102 valence electrons. The van der Waals surface area contributed by atoms with Crippen LogP contribution in [-0.4, -0.2) is 33.7 Å². The lowest BCUT2D eigenvalue weighted by Crippen LogP contribution is -2.35. The van der Waals surface area contributed by atoms with Gasteiger partial charge in [0.05, 0.1) is 17.8 Å². The average molecular weight is 284 g/mol. The van der Waals surface area contributed by atoms with Gasteiger partial charge in [0.2, 0.25) is 0 Å². The summed E-state index contributed by atoms with van der Waals surface area (Å²) < 4.78 is 50.9. The van der Waals surface area contributed by atoms with Crippen molar-refractivity contribution in [3.8, 4) is 0 Å². The molecular weight excluding hydrogens is 272 g/mol. The Morgan fingerprint density at radius 2 is 2.11 bits per heavy atom. The Labute approximate surface area is 106 Å². The Kier molecular flexibility index (Phi) is 4.15. The van der Waals surface area contributed by atoms with Crippen LogP contribution in [0.25, 0.3) is 0 Å². The summed E-state index contributed by atoms with van der Waals surface area (Å²) in [6.07, 6.45) is -3.74. The minimum Gasteiger partial charge on any atom is -0.389 e. The lowest BCUT2D eigenvalue weighted by atomic mass is 10.2. The summed E-state index contributed by atoms with van der Waals surface area (Å²) in [5, 5.41) is 6.14. The maximum absolute atomic E-state index is 12.8. The van der Waals surface area contributed by atoms with Crippen molar-refractivity contribution in [2.75, 3.05) is 11.9 Å². The van der Waals surface area contributed by atoms with Gasteiger partial charge in [0.1, 0.15) is 10.8 Å². The zero-order valence-corrected chi connectivity index (χ0v) is 10.5. The first-order valence-electron chi connectivity index (χ1n) is 4.90. The summed E-state index contributed by atoms with van der Waals surface area (Å²) in [6, 6.07) is 0. The smallest absolute Gasteiger partial charge is 0.324 e. The van der Waals surface area contributed by atoms with E-state index in [0.717, 1.165) is 0 Å². The molecule has 0 aliphatic carbocycles. The molecule has 0 atom stereocenters. The molecule has 0 radical (unpaired) electrons. The van der Waals surface area contributed by atoms with Crippen molar-refractivity contribution in [1.82, 2.24) is 9.78 Å². The van der Waals surface area contributed by atoms with Gasteiger partial charge in [0.15, 0.2) is 0 Å². The van der Waals surface area contributed by atoms with Crippen LogP contribution in [0.5, 0.6) is 0 Å². The summed E-state index contributed by atoms with van der Waals surface area (Å²) >= 11 is 4.76. The molecular formula is C9H12F4N4S. The highest BCUT2D eigenvalue weighted by Crippen LogP contribution is 2.25. The van der Waals surface area contributed by atoms with E-state index in [0.29, 0.717) is 5.69 Å². The van der Waals surface area contributed by atoms with Gasteiger partial charge < -0.3 is 11.1 Å². The molecule has 18 heavy (non-hydrogen) atoms. The number of aryl methyl sites for hydroxylation is 2. The van der Waals surface area contributed by atoms with Crippen molar-refractivity contribution in [2.45, 2.75) is 19.3 Å². The fraction of sp³-hybridized carbons (Fsp3) is 0.556. The molecule has 3 N–H and O–H groups in total. The molecule has 0 fully saturated rings. The topological polar surface area (TPSA) is 55.9 Å². The lowest BCUT2D eigenvalue weighted by Gasteiger charge is -2.17. The number of aromatic nitrogens is 2. The number of nitrogens with one attached hydrogen (secondary N) is 1. The van der Waals surface area contributed by atoms with Gasteiger partial charge in [-0.2, -0.15) is 13.9 Å². The molecule has 4 nitrogen and oxygen atoms in total. The number of nitrogens with zero attached hydrogens (tertiary/aromatic N) is 2. The van der Waals surface area contributed by atoms with E-state index < -0.39 is 18.9 Å². The van der Waals surface area contributed by atoms with Crippen molar-refractivity contribution in [1.29, 1.82) is 0 Å². The zero-order chi connectivity index (χ0) is 14.1. The van der Waals surface area contributed by atoms with E-state index in [1.165, 1.54) is 11.7 Å². The number of thiocarbonyl (C=S) groups is 1. The predicted octanol–water partition coefficient (Wildman–Crippen LogP) is 1.68. The fourth-order valence-corrected chi connectivity index (χ4v) is 1.68. The highest BCUT2D eigenvalue weighted by Gasteiger charge is 2.40. The lowest BCUT2D eigenvalue weighted by molar-refractivity contribution is -0.117. The fourth-order valence-electron chi connectivity index (χ4n) is 1.43. The average Bonchev–Trinajstić information content (AvgIpc) is 2.50. The number of rotatable bonds is 5. The Hall–Kier alpha value is -1.38. The van der Waals surface area contributed by atoms with E-state index in [2.05, 4.69) is 10.4 Å². The van der Waals surface area contributed by atoms with E-state index in [1.54, 1.807) is 6.92 Å². The number of alkyl halides is 4. The molecule has 1 heterocycles. The van der Waals surface area contributed by atoms with E-state index in [4.69, 9.17) is 18.0 Å². The minimum atomic E-state index is -4.13. The van der Waals surface area contributed by atoms with Crippen LogP contribution in [0.1, 0.15) is 11.3 Å². The maximum atomic E-state index is 12.8. The second kappa shape index (κ2) is 5.09. The standard InChI is InChI=1S/C9H12F4N4S/c1-4-5(6(14)18)7(17(2)16-4)15-3-9(12,13)8(10)11/h8,15H,3H2,1-2H3,(H2,14,18). The van der Waals surface area contributed by atoms with Crippen molar-refractivity contribution in [3.05, 3.63) is 11.3 Å². The SMILES string of the molecule is Cc1nn(C)c(NCC(F)(F)C(F)F)c1C(N)=S. The third kappa shape index (κ3) is 2.89.